The second-order valence-electron chi connectivity index (χ2n) is 4.00. The fraction of sp³-hybridized carbons (Fsp3) is 0.273. The van der Waals surface area contributed by atoms with Gasteiger partial charge in [0, 0.05) is 6.20 Å². The molecular weight excluding hydrogens is 482 g/mol. The highest BCUT2D eigenvalue weighted by atomic mass is 127. The van der Waals surface area contributed by atoms with E-state index in [4.69, 9.17) is 0 Å². The molecule has 11 heteroatoms. The molecule has 0 atom stereocenters. The first kappa shape index (κ1) is 17.1. The van der Waals surface area contributed by atoms with Crippen LogP contribution in [-0.2, 0) is 4.43 Å². The van der Waals surface area contributed by atoms with Crippen LogP contribution in [0.4, 0.5) is 13.2 Å². The van der Waals surface area contributed by atoms with Crippen molar-refractivity contribution in [3.63, 3.8) is 0 Å². The molecule has 6 nitrogen and oxygen atoms in total. The van der Waals surface area contributed by atoms with Crippen molar-refractivity contribution in [1.29, 1.82) is 0 Å². The average molecular weight is 490 g/mol. The molecule has 0 spiro atoms. The summed E-state index contributed by atoms with van der Waals surface area (Å²) >= 11 is 5.24. The molecule has 2 aromatic rings. The summed E-state index contributed by atoms with van der Waals surface area (Å²) in [4.78, 5) is 20.0. The van der Waals surface area contributed by atoms with Crippen LogP contribution < -0.4 is 5.32 Å². The maximum Gasteiger partial charge on any atom is 0.405 e. The molecule has 0 aliphatic rings. The highest BCUT2D eigenvalue weighted by Crippen LogP contribution is 2.19. The van der Waals surface area contributed by atoms with Gasteiger partial charge in [0.05, 0.1) is 8.90 Å². The Bertz CT molecular complexity index is 691. The molecule has 0 bridgehead atoms. The van der Waals surface area contributed by atoms with Crippen LogP contribution >= 0.6 is 38.5 Å². The Kier molecular flexibility index (Phi) is 5.36. The summed E-state index contributed by atoms with van der Waals surface area (Å²) in [7, 11) is 0. The van der Waals surface area contributed by atoms with Gasteiger partial charge in [-0.25, -0.2) is 9.97 Å². The quantitative estimate of drug-likeness (QED) is 0.529. The molecular formula is C11H8BrF3IN5O. The molecule has 22 heavy (non-hydrogen) atoms. The number of rotatable bonds is 4. The number of hydrogen-bond acceptors (Lipinski definition) is 4. The van der Waals surface area contributed by atoms with Gasteiger partial charge in [0.1, 0.15) is 6.54 Å². The van der Waals surface area contributed by atoms with Gasteiger partial charge < -0.3 is 5.32 Å². The van der Waals surface area contributed by atoms with Gasteiger partial charge in [-0.05, 0) is 28.1 Å². The van der Waals surface area contributed by atoms with Crippen LogP contribution in [0.3, 0.4) is 0 Å². The van der Waals surface area contributed by atoms with Gasteiger partial charge in [-0.1, -0.05) is 22.6 Å². The van der Waals surface area contributed by atoms with Gasteiger partial charge in [0.25, 0.3) is 5.91 Å². The third-order valence-electron chi connectivity index (χ3n) is 2.36. The summed E-state index contributed by atoms with van der Waals surface area (Å²) in [5.74, 6) is -0.646. The minimum absolute atomic E-state index is 0.254. The first-order valence-electron chi connectivity index (χ1n) is 5.79. The number of amides is 1. The summed E-state index contributed by atoms with van der Waals surface area (Å²) in [6, 6.07) is 3.33. The molecule has 0 aliphatic heterocycles. The van der Waals surface area contributed by atoms with Gasteiger partial charge in [0.15, 0.2) is 11.6 Å². The predicted octanol–water partition coefficient (Wildman–Crippen LogP) is 2.65. The van der Waals surface area contributed by atoms with E-state index in [1.165, 1.54) is 6.20 Å². The number of nitrogens with zero attached hydrogens (tertiary/aromatic N) is 4. The van der Waals surface area contributed by atoms with E-state index in [0.29, 0.717) is 14.7 Å². The fourth-order valence-electron chi connectivity index (χ4n) is 1.50. The van der Waals surface area contributed by atoms with Crippen LogP contribution in [0.1, 0.15) is 16.4 Å². The molecule has 0 aliphatic carbocycles. The van der Waals surface area contributed by atoms with Crippen LogP contribution in [0, 0.1) is 0 Å². The maximum absolute atomic E-state index is 12.2. The van der Waals surface area contributed by atoms with Crippen LogP contribution in [-0.4, -0.2) is 38.4 Å². The fourth-order valence-corrected chi connectivity index (χ4v) is 2.24. The van der Waals surface area contributed by atoms with E-state index in [-0.39, 0.29) is 11.6 Å². The lowest BCUT2D eigenvalue weighted by atomic mass is 10.4. The zero-order valence-corrected chi connectivity index (χ0v) is 14.5. The zero-order valence-electron chi connectivity index (χ0n) is 10.7. The van der Waals surface area contributed by atoms with Crippen LogP contribution in [0.2, 0.25) is 0 Å². The number of aromatic nitrogens is 4. The lowest BCUT2D eigenvalue weighted by Gasteiger charge is -2.09. The summed E-state index contributed by atoms with van der Waals surface area (Å²) in [5, 5.41) is 5.86. The van der Waals surface area contributed by atoms with Crippen molar-refractivity contribution in [3.8, 4) is 5.82 Å². The number of hydrogen-bond donors (Lipinski definition) is 1. The predicted molar refractivity (Wildman–Crippen MR) is 83.0 cm³/mol. The number of carbonyl (C=O) groups excluding carboxylic acids is 1. The Morgan fingerprint density at radius 2 is 2.18 bits per heavy atom. The van der Waals surface area contributed by atoms with E-state index < -0.39 is 18.6 Å². The van der Waals surface area contributed by atoms with Crippen molar-refractivity contribution in [2.75, 3.05) is 6.54 Å². The Labute approximate surface area is 144 Å². The maximum atomic E-state index is 12.2. The molecule has 0 saturated carbocycles. The second kappa shape index (κ2) is 6.89. The lowest BCUT2D eigenvalue weighted by molar-refractivity contribution is -0.123. The number of nitrogens with one attached hydrogen (secondary N) is 1. The second-order valence-corrected chi connectivity index (χ2v) is 5.62. The third-order valence-corrected chi connectivity index (χ3v) is 3.66. The SMILES string of the molecule is O=C(NCC(F)(F)F)c1nc(CI)nn1-c1ncccc1Br. The Hall–Kier alpha value is -1.24. The summed E-state index contributed by atoms with van der Waals surface area (Å²) < 4.78 is 38.7. The third kappa shape index (κ3) is 4.15. The standard InChI is InChI=1S/C11H8BrF3IN5O/c12-6-2-1-3-17-8(6)21-9(19-7(4-16)20-21)10(22)18-5-11(13,14)15/h1-3H,4-5H2,(H,18,22). The molecule has 2 rings (SSSR count). The molecule has 0 aromatic carbocycles. The van der Waals surface area contributed by atoms with E-state index in [0.717, 1.165) is 4.68 Å². The van der Waals surface area contributed by atoms with Gasteiger partial charge in [-0.3, -0.25) is 4.79 Å². The van der Waals surface area contributed by atoms with Crippen molar-refractivity contribution in [3.05, 3.63) is 34.5 Å². The van der Waals surface area contributed by atoms with E-state index in [9.17, 15) is 18.0 Å². The monoisotopic (exact) mass is 489 g/mol. The Morgan fingerprint density at radius 1 is 1.45 bits per heavy atom. The van der Waals surface area contributed by atoms with Crippen molar-refractivity contribution in [2.24, 2.45) is 0 Å². The van der Waals surface area contributed by atoms with Gasteiger partial charge >= 0.3 is 6.18 Å². The zero-order chi connectivity index (χ0) is 16.3. The number of alkyl halides is 4. The van der Waals surface area contributed by atoms with Crippen molar-refractivity contribution < 1.29 is 18.0 Å². The molecule has 1 amide bonds. The Balaban J connectivity index is 2.37. The summed E-state index contributed by atoms with van der Waals surface area (Å²) in [5.41, 5.74) is 0. The smallest absolute Gasteiger partial charge is 0.340 e. The largest absolute Gasteiger partial charge is 0.405 e. The van der Waals surface area contributed by atoms with Crippen molar-refractivity contribution >= 4 is 44.4 Å². The minimum Gasteiger partial charge on any atom is -0.340 e. The van der Waals surface area contributed by atoms with Gasteiger partial charge in [-0.2, -0.15) is 17.9 Å². The van der Waals surface area contributed by atoms with Crippen LogP contribution in [0.25, 0.3) is 5.82 Å². The molecule has 0 unspecified atom stereocenters. The van der Waals surface area contributed by atoms with E-state index in [1.807, 2.05) is 22.6 Å². The highest BCUT2D eigenvalue weighted by Gasteiger charge is 2.29. The first-order valence-corrected chi connectivity index (χ1v) is 8.11. The molecule has 0 fully saturated rings. The van der Waals surface area contributed by atoms with E-state index in [2.05, 4.69) is 31.0 Å². The first-order chi connectivity index (χ1) is 10.3. The van der Waals surface area contributed by atoms with E-state index in [1.54, 1.807) is 17.4 Å². The van der Waals surface area contributed by atoms with E-state index >= 15 is 0 Å². The molecule has 2 aromatic heterocycles. The summed E-state index contributed by atoms with van der Waals surface area (Å²) in [6.07, 6.45) is -3.03. The molecule has 2 heterocycles. The van der Waals surface area contributed by atoms with Gasteiger partial charge in [-0.15, -0.1) is 5.10 Å². The molecule has 0 saturated heterocycles. The van der Waals surface area contributed by atoms with Crippen molar-refractivity contribution in [2.45, 2.75) is 10.6 Å². The summed E-state index contributed by atoms with van der Waals surface area (Å²) in [6.45, 7) is -1.44. The average Bonchev–Trinajstić information content (AvgIpc) is 2.88. The van der Waals surface area contributed by atoms with Gasteiger partial charge in [0.2, 0.25) is 5.82 Å². The number of carbonyl (C=O) groups is 1. The molecule has 1 N–H and O–H groups in total. The topological polar surface area (TPSA) is 72.7 Å². The highest BCUT2D eigenvalue weighted by molar-refractivity contribution is 14.1. The van der Waals surface area contributed by atoms with Crippen molar-refractivity contribution in [1.82, 2.24) is 25.1 Å². The number of halogens is 5. The molecule has 118 valence electrons. The number of pyridine rings is 1. The minimum atomic E-state index is -4.50. The normalized spacial score (nSPS) is 11.5. The Morgan fingerprint density at radius 3 is 2.77 bits per heavy atom. The lowest BCUT2D eigenvalue weighted by Crippen LogP contribution is -2.35. The molecule has 0 radical (unpaired) electrons. The van der Waals surface area contributed by atoms with Crippen LogP contribution in [0.15, 0.2) is 22.8 Å². The van der Waals surface area contributed by atoms with Crippen LogP contribution in [0.5, 0.6) is 0 Å².